The number of pyridine rings is 1. The van der Waals surface area contributed by atoms with E-state index in [1.807, 2.05) is 31.2 Å². The van der Waals surface area contributed by atoms with E-state index in [1.54, 1.807) is 6.07 Å². The van der Waals surface area contributed by atoms with Gasteiger partial charge in [-0.15, -0.1) is 0 Å². The Morgan fingerprint density at radius 2 is 2.05 bits per heavy atom. The summed E-state index contributed by atoms with van der Waals surface area (Å²) in [5.41, 5.74) is 1.79. The van der Waals surface area contributed by atoms with Crippen molar-refractivity contribution < 1.29 is 4.92 Å². The lowest BCUT2D eigenvalue weighted by atomic mass is 10.1. The minimum atomic E-state index is -0.617. The molecule has 0 spiro atoms. The standard InChI is InChI=1S/C14H10ClN5O2/c1-8-5-6-9-3-2-4-10(11(9)18-8)19-14-12(20(21)22)13(15)16-7-17-14/h2-7H,1H3,(H,16,17,19). The van der Waals surface area contributed by atoms with E-state index < -0.39 is 4.92 Å². The van der Waals surface area contributed by atoms with E-state index in [4.69, 9.17) is 11.6 Å². The predicted molar refractivity (Wildman–Crippen MR) is 83.5 cm³/mol. The molecule has 0 aliphatic carbocycles. The maximum atomic E-state index is 11.1. The van der Waals surface area contributed by atoms with E-state index in [9.17, 15) is 10.1 Å². The molecule has 3 aromatic rings. The number of aryl methyl sites for hydroxylation is 1. The maximum absolute atomic E-state index is 11.1. The molecule has 3 rings (SSSR count). The van der Waals surface area contributed by atoms with E-state index in [2.05, 4.69) is 20.3 Å². The molecule has 0 unspecified atom stereocenters. The van der Waals surface area contributed by atoms with Crippen LogP contribution in [0.2, 0.25) is 5.15 Å². The van der Waals surface area contributed by atoms with Crippen LogP contribution in [0.3, 0.4) is 0 Å². The first-order valence-electron chi connectivity index (χ1n) is 6.34. The molecule has 1 N–H and O–H groups in total. The zero-order chi connectivity index (χ0) is 15.7. The third kappa shape index (κ3) is 2.53. The smallest absolute Gasteiger partial charge is 0.333 e. The second-order valence-corrected chi connectivity index (χ2v) is 4.93. The number of benzene rings is 1. The molecule has 0 atom stereocenters. The van der Waals surface area contributed by atoms with Crippen LogP contribution in [0.15, 0.2) is 36.7 Å². The SMILES string of the molecule is Cc1ccc2cccc(Nc3ncnc(Cl)c3[N+](=O)[O-])c2n1. The average Bonchev–Trinajstić information content (AvgIpc) is 2.47. The van der Waals surface area contributed by atoms with Gasteiger partial charge in [-0.25, -0.2) is 9.97 Å². The van der Waals surface area contributed by atoms with Crippen LogP contribution in [0, 0.1) is 17.0 Å². The molecule has 22 heavy (non-hydrogen) atoms. The summed E-state index contributed by atoms with van der Waals surface area (Å²) in [4.78, 5) is 22.5. The largest absolute Gasteiger partial charge is 0.348 e. The number of para-hydroxylation sites is 1. The minimum Gasteiger partial charge on any atom is -0.333 e. The zero-order valence-electron chi connectivity index (χ0n) is 11.4. The van der Waals surface area contributed by atoms with Gasteiger partial charge in [-0.05, 0) is 19.1 Å². The number of hydrogen-bond donors (Lipinski definition) is 1. The van der Waals surface area contributed by atoms with Crippen molar-refractivity contribution >= 4 is 39.7 Å². The summed E-state index contributed by atoms with van der Waals surface area (Å²) < 4.78 is 0. The maximum Gasteiger partial charge on any atom is 0.348 e. The third-order valence-electron chi connectivity index (χ3n) is 3.07. The molecule has 0 saturated heterocycles. The van der Waals surface area contributed by atoms with Crippen LogP contribution in [-0.4, -0.2) is 19.9 Å². The first kappa shape index (κ1) is 14.2. The Morgan fingerprint density at radius 3 is 2.82 bits per heavy atom. The van der Waals surface area contributed by atoms with E-state index in [-0.39, 0.29) is 16.7 Å². The van der Waals surface area contributed by atoms with Gasteiger partial charge in [-0.1, -0.05) is 29.8 Å². The fourth-order valence-corrected chi connectivity index (χ4v) is 2.29. The van der Waals surface area contributed by atoms with Crippen molar-refractivity contribution in [2.24, 2.45) is 0 Å². The second-order valence-electron chi connectivity index (χ2n) is 4.57. The molecule has 1 aromatic carbocycles. The highest BCUT2D eigenvalue weighted by atomic mass is 35.5. The monoisotopic (exact) mass is 315 g/mol. The van der Waals surface area contributed by atoms with Gasteiger partial charge in [0.1, 0.15) is 6.33 Å². The highest BCUT2D eigenvalue weighted by Crippen LogP contribution is 2.32. The summed E-state index contributed by atoms with van der Waals surface area (Å²) in [6.45, 7) is 1.88. The summed E-state index contributed by atoms with van der Waals surface area (Å²) in [6.07, 6.45) is 1.17. The van der Waals surface area contributed by atoms with Crippen molar-refractivity contribution in [3.05, 3.63) is 57.6 Å². The van der Waals surface area contributed by atoms with Crippen LogP contribution < -0.4 is 5.32 Å². The first-order valence-corrected chi connectivity index (χ1v) is 6.72. The summed E-state index contributed by atoms with van der Waals surface area (Å²) in [5.74, 6) is 0.0285. The van der Waals surface area contributed by atoms with Crippen LogP contribution in [0.4, 0.5) is 17.2 Å². The van der Waals surface area contributed by atoms with Gasteiger partial charge >= 0.3 is 5.69 Å². The molecule has 0 aliphatic heterocycles. The molecule has 0 bridgehead atoms. The van der Waals surface area contributed by atoms with Crippen molar-refractivity contribution in [3.63, 3.8) is 0 Å². The number of nitro groups is 1. The van der Waals surface area contributed by atoms with Gasteiger partial charge < -0.3 is 5.32 Å². The number of halogens is 1. The first-order chi connectivity index (χ1) is 10.6. The highest BCUT2D eigenvalue weighted by molar-refractivity contribution is 6.31. The fourth-order valence-electron chi connectivity index (χ4n) is 2.08. The van der Waals surface area contributed by atoms with Gasteiger partial charge in [-0.3, -0.25) is 15.1 Å². The molecule has 7 nitrogen and oxygen atoms in total. The van der Waals surface area contributed by atoms with E-state index in [0.717, 1.165) is 11.1 Å². The Bertz CT molecular complexity index is 884. The molecule has 0 fully saturated rings. The number of nitrogens with zero attached hydrogens (tertiary/aromatic N) is 4. The van der Waals surface area contributed by atoms with Crippen LogP contribution in [0.25, 0.3) is 10.9 Å². The van der Waals surface area contributed by atoms with Crippen LogP contribution in [-0.2, 0) is 0 Å². The van der Waals surface area contributed by atoms with Gasteiger partial charge in [0.15, 0.2) is 0 Å². The van der Waals surface area contributed by atoms with Gasteiger partial charge in [0, 0.05) is 11.1 Å². The van der Waals surface area contributed by atoms with Crippen LogP contribution >= 0.6 is 11.6 Å². The Labute approximate surface area is 130 Å². The van der Waals surface area contributed by atoms with Crippen LogP contribution in [0.5, 0.6) is 0 Å². The highest BCUT2D eigenvalue weighted by Gasteiger charge is 2.22. The number of fused-ring (bicyclic) bond motifs is 1. The Balaban J connectivity index is 2.13. The molecule has 2 aromatic heterocycles. The van der Waals surface area contributed by atoms with Gasteiger partial charge in [0.2, 0.25) is 11.0 Å². The van der Waals surface area contributed by atoms with Crippen molar-refractivity contribution in [3.8, 4) is 0 Å². The molecule has 0 amide bonds. The number of hydrogen-bond acceptors (Lipinski definition) is 6. The molecular formula is C14H10ClN5O2. The van der Waals surface area contributed by atoms with E-state index in [0.29, 0.717) is 11.2 Å². The summed E-state index contributed by atoms with van der Waals surface area (Å²) in [5, 5.41) is 14.8. The van der Waals surface area contributed by atoms with Crippen LogP contribution in [0.1, 0.15) is 5.69 Å². The molecular weight excluding hydrogens is 306 g/mol. The van der Waals surface area contributed by atoms with Gasteiger partial charge in [0.25, 0.3) is 0 Å². The van der Waals surface area contributed by atoms with Gasteiger partial charge in [-0.2, -0.15) is 0 Å². The average molecular weight is 316 g/mol. The van der Waals surface area contributed by atoms with Crippen molar-refractivity contribution in [1.82, 2.24) is 15.0 Å². The lowest BCUT2D eigenvalue weighted by Gasteiger charge is -2.09. The molecule has 110 valence electrons. The second kappa shape index (κ2) is 5.53. The number of aromatic nitrogens is 3. The summed E-state index contributed by atoms with van der Waals surface area (Å²) in [7, 11) is 0. The molecule has 0 aliphatic rings. The summed E-state index contributed by atoms with van der Waals surface area (Å²) in [6, 6.07) is 9.35. The Hall–Kier alpha value is -2.80. The molecule has 8 heteroatoms. The third-order valence-corrected chi connectivity index (χ3v) is 3.35. The van der Waals surface area contributed by atoms with Crippen molar-refractivity contribution in [2.45, 2.75) is 6.92 Å². The predicted octanol–water partition coefficient (Wildman–Crippen LogP) is 3.64. The lowest BCUT2D eigenvalue weighted by molar-refractivity contribution is -0.384. The van der Waals surface area contributed by atoms with E-state index >= 15 is 0 Å². The Morgan fingerprint density at radius 1 is 1.23 bits per heavy atom. The quantitative estimate of drug-likeness (QED) is 0.450. The molecule has 0 saturated carbocycles. The lowest BCUT2D eigenvalue weighted by Crippen LogP contribution is -2.02. The molecule has 2 heterocycles. The van der Waals surface area contributed by atoms with Crippen molar-refractivity contribution in [1.29, 1.82) is 0 Å². The fraction of sp³-hybridized carbons (Fsp3) is 0.0714. The number of anilines is 2. The minimum absolute atomic E-state index is 0.0285. The number of nitrogens with one attached hydrogen (secondary N) is 1. The summed E-state index contributed by atoms with van der Waals surface area (Å²) >= 11 is 5.79. The Kier molecular flexibility index (Phi) is 3.56. The van der Waals surface area contributed by atoms with E-state index in [1.165, 1.54) is 6.33 Å². The number of rotatable bonds is 3. The zero-order valence-corrected chi connectivity index (χ0v) is 12.2. The van der Waals surface area contributed by atoms with Gasteiger partial charge in [0.05, 0.1) is 16.1 Å². The molecule has 0 radical (unpaired) electrons. The van der Waals surface area contributed by atoms with Crippen molar-refractivity contribution in [2.75, 3.05) is 5.32 Å². The topological polar surface area (TPSA) is 93.8 Å². The normalized spacial score (nSPS) is 10.6.